The van der Waals surface area contributed by atoms with Crippen molar-refractivity contribution in [2.75, 3.05) is 0 Å². The summed E-state index contributed by atoms with van der Waals surface area (Å²) in [7, 11) is 0. The van der Waals surface area contributed by atoms with Gasteiger partial charge in [0, 0.05) is 12.5 Å². The predicted molar refractivity (Wildman–Crippen MR) is 64.7 cm³/mol. The first-order chi connectivity index (χ1) is 9.51. The minimum absolute atomic E-state index is 0.0185. The number of rotatable bonds is 8. The van der Waals surface area contributed by atoms with E-state index in [9.17, 15) is 27.6 Å². The zero-order valence-electron chi connectivity index (χ0n) is 11.2. The zero-order chi connectivity index (χ0) is 16.6. The summed E-state index contributed by atoms with van der Waals surface area (Å²) in [4.78, 5) is 32.5. The molecule has 0 bridgehead atoms. The molecule has 2 atom stereocenters. The van der Waals surface area contributed by atoms with Crippen molar-refractivity contribution >= 4 is 18.0 Å². The van der Waals surface area contributed by atoms with Crippen LogP contribution in [-0.4, -0.2) is 46.4 Å². The van der Waals surface area contributed by atoms with Crippen LogP contribution >= 0.6 is 0 Å². The van der Waals surface area contributed by atoms with Gasteiger partial charge in [-0.1, -0.05) is 0 Å². The molecule has 0 rings (SSSR count). The van der Waals surface area contributed by atoms with Crippen LogP contribution in [0.1, 0.15) is 32.6 Å². The molecule has 0 fully saturated rings. The van der Waals surface area contributed by atoms with Crippen LogP contribution in [0.2, 0.25) is 0 Å². The summed E-state index contributed by atoms with van der Waals surface area (Å²) < 4.78 is 36.2. The molecule has 122 valence electrons. The van der Waals surface area contributed by atoms with Crippen LogP contribution in [0, 0.1) is 0 Å². The average molecular weight is 314 g/mol. The maximum absolute atomic E-state index is 12.1. The van der Waals surface area contributed by atoms with E-state index in [2.05, 4.69) is 0 Å². The second-order valence-electron chi connectivity index (χ2n) is 4.51. The molecule has 2 amide bonds. The fraction of sp³-hybridized carbons (Fsp3) is 0.727. The lowest BCUT2D eigenvalue weighted by Crippen LogP contribution is -2.49. The zero-order valence-corrected chi connectivity index (χ0v) is 11.2. The van der Waals surface area contributed by atoms with Gasteiger partial charge in [0.25, 0.3) is 0 Å². The molecule has 0 aromatic carbocycles. The van der Waals surface area contributed by atoms with Crippen molar-refractivity contribution in [2.45, 2.75) is 50.9 Å². The van der Waals surface area contributed by atoms with Gasteiger partial charge in [0.2, 0.25) is 0 Å². The van der Waals surface area contributed by atoms with Crippen molar-refractivity contribution < 1.29 is 37.8 Å². The van der Waals surface area contributed by atoms with E-state index in [-0.39, 0.29) is 19.3 Å². The lowest BCUT2D eigenvalue weighted by molar-refractivity contribution is -0.141. The molecule has 0 saturated heterocycles. The first-order valence-corrected chi connectivity index (χ1v) is 6.09. The summed E-state index contributed by atoms with van der Waals surface area (Å²) in [5, 5.41) is 21.2. The number of amides is 2. The van der Waals surface area contributed by atoms with Gasteiger partial charge < -0.3 is 20.8 Å². The molecule has 7 nitrogen and oxygen atoms in total. The van der Waals surface area contributed by atoms with Crippen molar-refractivity contribution in [3.05, 3.63) is 0 Å². The summed E-state index contributed by atoms with van der Waals surface area (Å²) in [6, 6.07) is -3.62. The third-order valence-electron chi connectivity index (χ3n) is 2.40. The van der Waals surface area contributed by atoms with Crippen LogP contribution in [-0.2, 0) is 9.59 Å². The van der Waals surface area contributed by atoms with Crippen LogP contribution in [0.15, 0.2) is 0 Å². The Kier molecular flexibility index (Phi) is 7.53. The molecule has 0 aliphatic carbocycles. The van der Waals surface area contributed by atoms with E-state index in [0.717, 1.165) is 6.92 Å². The highest BCUT2D eigenvalue weighted by Gasteiger charge is 2.31. The highest BCUT2D eigenvalue weighted by Crippen LogP contribution is 2.21. The van der Waals surface area contributed by atoms with Crippen LogP contribution in [0.4, 0.5) is 18.0 Å². The Morgan fingerprint density at radius 1 is 1.14 bits per heavy atom. The third-order valence-corrected chi connectivity index (χ3v) is 2.40. The normalized spacial score (nSPS) is 14.1. The number of carboxylic acids is 2. The Hall–Kier alpha value is -2.00. The van der Waals surface area contributed by atoms with Gasteiger partial charge in [0.1, 0.15) is 6.04 Å². The van der Waals surface area contributed by atoms with Gasteiger partial charge >= 0.3 is 24.1 Å². The number of carbonyl (C=O) groups is 3. The topological polar surface area (TPSA) is 116 Å². The van der Waals surface area contributed by atoms with Gasteiger partial charge in [-0.2, -0.15) is 13.2 Å². The summed E-state index contributed by atoms with van der Waals surface area (Å²) in [5.41, 5.74) is 0. The van der Waals surface area contributed by atoms with E-state index in [1.165, 1.54) is 0 Å². The van der Waals surface area contributed by atoms with Crippen molar-refractivity contribution in [2.24, 2.45) is 0 Å². The number of urea groups is 1. The molecule has 21 heavy (non-hydrogen) atoms. The summed E-state index contributed by atoms with van der Waals surface area (Å²) in [6.45, 7) is 1.13. The van der Waals surface area contributed by atoms with Gasteiger partial charge in [0.15, 0.2) is 0 Å². The minimum Gasteiger partial charge on any atom is -0.481 e. The molecule has 0 aromatic rings. The van der Waals surface area contributed by atoms with Gasteiger partial charge in [0.05, 0.1) is 6.42 Å². The van der Waals surface area contributed by atoms with Gasteiger partial charge in [-0.05, 0) is 19.8 Å². The van der Waals surface area contributed by atoms with Crippen molar-refractivity contribution in [3.8, 4) is 0 Å². The fourth-order valence-electron chi connectivity index (χ4n) is 1.54. The van der Waals surface area contributed by atoms with E-state index in [1.807, 2.05) is 10.6 Å². The molecule has 0 aliphatic heterocycles. The van der Waals surface area contributed by atoms with E-state index >= 15 is 0 Å². The molecule has 0 spiro atoms. The van der Waals surface area contributed by atoms with Crippen LogP contribution in [0.3, 0.4) is 0 Å². The Morgan fingerprint density at radius 3 is 2.14 bits per heavy atom. The molecule has 0 heterocycles. The van der Waals surface area contributed by atoms with Gasteiger partial charge in [-0.3, -0.25) is 4.79 Å². The highest BCUT2D eigenvalue weighted by atomic mass is 19.4. The van der Waals surface area contributed by atoms with E-state index in [1.54, 1.807) is 0 Å². The number of halogens is 3. The van der Waals surface area contributed by atoms with Crippen LogP contribution < -0.4 is 10.6 Å². The second kappa shape index (κ2) is 8.32. The maximum atomic E-state index is 12.1. The lowest BCUT2D eigenvalue weighted by Gasteiger charge is -2.19. The van der Waals surface area contributed by atoms with Crippen LogP contribution in [0.5, 0.6) is 0 Å². The predicted octanol–water partition coefficient (Wildman–Crippen LogP) is 1.33. The number of nitrogens with one attached hydrogen (secondary N) is 2. The number of hydrogen-bond donors (Lipinski definition) is 4. The molecule has 1 unspecified atom stereocenters. The lowest BCUT2D eigenvalue weighted by atomic mass is 10.1. The largest absolute Gasteiger partial charge is 0.481 e. The monoisotopic (exact) mass is 314 g/mol. The number of hydrogen-bond acceptors (Lipinski definition) is 3. The molecule has 10 heteroatoms. The molecule has 0 aromatic heterocycles. The summed E-state index contributed by atoms with van der Waals surface area (Å²) >= 11 is 0. The Labute approximate surface area is 118 Å². The Balaban J connectivity index is 4.28. The van der Waals surface area contributed by atoms with E-state index in [4.69, 9.17) is 10.2 Å². The number of carboxylic acid groups (broad SMARTS) is 2. The summed E-state index contributed by atoms with van der Waals surface area (Å²) in [5.74, 6) is -2.50. The molecular formula is C11H17F3N2O5. The number of aliphatic carboxylic acids is 2. The molecule has 4 N–H and O–H groups in total. The first-order valence-electron chi connectivity index (χ1n) is 6.09. The fourth-order valence-corrected chi connectivity index (χ4v) is 1.54. The maximum Gasteiger partial charge on any atom is 0.391 e. The molecular weight excluding hydrogens is 297 g/mol. The standard InChI is InChI=1S/C11H17F3N2O5/c1-6(5-11(12,13)14)15-10(21)16-7(9(19)20)3-2-4-8(17)18/h6-7H,2-5H2,1H3,(H,17,18)(H,19,20)(H2,15,16,21)/t6?,7-/m1/s1. The minimum atomic E-state index is -4.44. The third kappa shape index (κ3) is 10.4. The SMILES string of the molecule is CC(CC(F)(F)F)NC(=O)N[C@H](CCCC(=O)O)C(=O)O. The molecule has 0 radical (unpaired) electrons. The summed E-state index contributed by atoms with van der Waals surface area (Å²) in [6.07, 6.45) is -6.07. The van der Waals surface area contributed by atoms with E-state index in [0.29, 0.717) is 0 Å². The quantitative estimate of drug-likeness (QED) is 0.539. The second-order valence-corrected chi connectivity index (χ2v) is 4.51. The van der Waals surface area contributed by atoms with Gasteiger partial charge in [-0.15, -0.1) is 0 Å². The smallest absolute Gasteiger partial charge is 0.391 e. The van der Waals surface area contributed by atoms with E-state index < -0.39 is 42.7 Å². The first kappa shape index (κ1) is 19.0. The number of carbonyl (C=O) groups excluding carboxylic acids is 1. The number of alkyl halides is 3. The van der Waals surface area contributed by atoms with Crippen LogP contribution in [0.25, 0.3) is 0 Å². The Bertz CT molecular complexity index is 387. The van der Waals surface area contributed by atoms with Crippen molar-refractivity contribution in [3.63, 3.8) is 0 Å². The molecule has 0 saturated carbocycles. The van der Waals surface area contributed by atoms with Gasteiger partial charge in [-0.25, -0.2) is 9.59 Å². The van der Waals surface area contributed by atoms with Crippen molar-refractivity contribution in [1.82, 2.24) is 10.6 Å². The highest BCUT2D eigenvalue weighted by molar-refractivity contribution is 5.82. The van der Waals surface area contributed by atoms with Crippen molar-refractivity contribution in [1.29, 1.82) is 0 Å². The molecule has 0 aliphatic rings. The average Bonchev–Trinajstić information content (AvgIpc) is 2.23. The Morgan fingerprint density at radius 2 is 1.71 bits per heavy atom.